The zero-order valence-electron chi connectivity index (χ0n) is 8.58. The lowest BCUT2D eigenvalue weighted by Crippen LogP contribution is -2.47. The molecule has 84 valence electrons. The average molecular weight is 220 g/mol. The van der Waals surface area contributed by atoms with Crippen molar-refractivity contribution in [1.29, 1.82) is 0 Å². The first kappa shape index (κ1) is 10.5. The smallest absolute Gasteiger partial charge is 0.407 e. The van der Waals surface area contributed by atoms with Gasteiger partial charge in [-0.1, -0.05) is 29.4 Å². The maximum absolute atomic E-state index is 10.6. The van der Waals surface area contributed by atoms with Crippen LogP contribution >= 0.6 is 0 Å². The van der Waals surface area contributed by atoms with E-state index in [1.165, 1.54) is 11.1 Å². The van der Waals surface area contributed by atoms with Gasteiger partial charge in [0.25, 0.3) is 0 Å². The van der Waals surface area contributed by atoms with Crippen LogP contribution in [0.5, 0.6) is 0 Å². The molecule has 0 unspecified atom stereocenters. The summed E-state index contributed by atoms with van der Waals surface area (Å²) in [5.41, 5.74) is 1.94. The zero-order valence-corrected chi connectivity index (χ0v) is 8.58. The predicted octanol–water partition coefficient (Wildman–Crippen LogP) is 1.57. The van der Waals surface area contributed by atoms with Gasteiger partial charge in [-0.15, -0.1) is 0 Å². The molecule has 0 atom stereocenters. The second kappa shape index (κ2) is 4.22. The third-order valence-electron chi connectivity index (χ3n) is 2.77. The number of carbonyl (C=O) groups is 1. The van der Waals surface area contributed by atoms with Crippen LogP contribution in [0.2, 0.25) is 0 Å². The summed E-state index contributed by atoms with van der Waals surface area (Å²) in [6.07, 6.45) is 0.494. The molecule has 1 saturated heterocycles. The minimum absolute atomic E-state index is 0.288. The number of oxime groups is 1. The summed E-state index contributed by atoms with van der Waals surface area (Å²) >= 11 is 0. The summed E-state index contributed by atoms with van der Waals surface area (Å²) in [7, 11) is 0. The Morgan fingerprint density at radius 2 is 2.00 bits per heavy atom. The van der Waals surface area contributed by atoms with E-state index in [4.69, 9.17) is 10.3 Å². The van der Waals surface area contributed by atoms with Crippen LogP contribution < -0.4 is 0 Å². The molecule has 16 heavy (non-hydrogen) atoms. The zero-order chi connectivity index (χ0) is 11.5. The van der Waals surface area contributed by atoms with E-state index >= 15 is 0 Å². The standard InChI is InChI=1S/C11H12N2O3/c14-11(15)13-6-10(7-13)9-3-1-8(2-4-9)5-12-16/h1-5,10,16H,6-7H2,(H,14,15). The third-order valence-corrected chi connectivity index (χ3v) is 2.77. The molecule has 0 bridgehead atoms. The molecule has 0 saturated carbocycles. The van der Waals surface area contributed by atoms with Crippen molar-refractivity contribution in [3.63, 3.8) is 0 Å². The van der Waals surface area contributed by atoms with E-state index in [0.717, 1.165) is 11.1 Å². The molecule has 1 amide bonds. The number of hydrogen-bond donors (Lipinski definition) is 2. The van der Waals surface area contributed by atoms with Crippen LogP contribution in [-0.4, -0.2) is 40.6 Å². The lowest BCUT2D eigenvalue weighted by molar-refractivity contribution is 0.105. The van der Waals surface area contributed by atoms with Crippen molar-refractivity contribution in [2.45, 2.75) is 5.92 Å². The number of nitrogens with zero attached hydrogens (tertiary/aromatic N) is 2. The van der Waals surface area contributed by atoms with Gasteiger partial charge in [0.2, 0.25) is 0 Å². The van der Waals surface area contributed by atoms with Crippen LogP contribution in [0.3, 0.4) is 0 Å². The van der Waals surface area contributed by atoms with Crippen LogP contribution in [0, 0.1) is 0 Å². The van der Waals surface area contributed by atoms with Gasteiger partial charge < -0.3 is 15.2 Å². The van der Waals surface area contributed by atoms with Crippen molar-refractivity contribution >= 4 is 12.3 Å². The molecule has 1 aromatic rings. The van der Waals surface area contributed by atoms with Gasteiger partial charge in [-0.25, -0.2) is 4.79 Å². The molecule has 2 N–H and O–H groups in total. The van der Waals surface area contributed by atoms with E-state index < -0.39 is 6.09 Å². The lowest BCUT2D eigenvalue weighted by atomic mass is 9.91. The Morgan fingerprint density at radius 1 is 1.38 bits per heavy atom. The quantitative estimate of drug-likeness (QED) is 0.451. The molecule has 1 aliphatic rings. The number of rotatable bonds is 2. The first-order valence-corrected chi connectivity index (χ1v) is 4.96. The van der Waals surface area contributed by atoms with E-state index in [0.29, 0.717) is 13.1 Å². The van der Waals surface area contributed by atoms with Crippen LogP contribution in [0.1, 0.15) is 17.0 Å². The first-order valence-electron chi connectivity index (χ1n) is 4.96. The van der Waals surface area contributed by atoms with Crippen molar-refractivity contribution in [1.82, 2.24) is 4.90 Å². The van der Waals surface area contributed by atoms with Crippen LogP contribution in [-0.2, 0) is 0 Å². The fraction of sp³-hybridized carbons (Fsp3) is 0.273. The van der Waals surface area contributed by atoms with Gasteiger partial charge in [0.1, 0.15) is 0 Å². The van der Waals surface area contributed by atoms with E-state index in [9.17, 15) is 4.79 Å². The summed E-state index contributed by atoms with van der Waals surface area (Å²) in [5.74, 6) is 0.288. The number of carboxylic acid groups (broad SMARTS) is 1. The second-order valence-corrected chi connectivity index (χ2v) is 3.80. The predicted molar refractivity (Wildman–Crippen MR) is 58.2 cm³/mol. The molecule has 0 aliphatic carbocycles. The highest BCUT2D eigenvalue weighted by Crippen LogP contribution is 2.26. The third kappa shape index (κ3) is 1.98. The molecule has 0 aromatic heterocycles. The van der Waals surface area contributed by atoms with E-state index in [1.807, 2.05) is 24.3 Å². The molecule has 0 spiro atoms. The Kier molecular flexibility index (Phi) is 2.76. The minimum atomic E-state index is -0.861. The highest BCUT2D eigenvalue weighted by Gasteiger charge is 2.31. The summed E-state index contributed by atoms with van der Waals surface area (Å²) < 4.78 is 0. The molecule has 1 aliphatic heterocycles. The highest BCUT2D eigenvalue weighted by molar-refractivity contribution is 5.79. The van der Waals surface area contributed by atoms with Crippen molar-refractivity contribution < 1.29 is 15.1 Å². The molecular weight excluding hydrogens is 208 g/mol. The fourth-order valence-electron chi connectivity index (χ4n) is 1.77. The summed E-state index contributed by atoms with van der Waals surface area (Å²) in [5, 5.41) is 20.0. The maximum Gasteiger partial charge on any atom is 0.407 e. The number of hydrogen-bond acceptors (Lipinski definition) is 3. The van der Waals surface area contributed by atoms with Gasteiger partial charge in [0.05, 0.1) is 6.21 Å². The van der Waals surface area contributed by atoms with Crippen molar-refractivity contribution in [3.8, 4) is 0 Å². The summed E-state index contributed by atoms with van der Waals surface area (Å²) in [6, 6.07) is 7.55. The number of likely N-dealkylation sites (tertiary alicyclic amines) is 1. The van der Waals surface area contributed by atoms with Crippen molar-refractivity contribution in [2.75, 3.05) is 13.1 Å². The second-order valence-electron chi connectivity index (χ2n) is 3.80. The van der Waals surface area contributed by atoms with Crippen molar-refractivity contribution in [2.24, 2.45) is 5.16 Å². The van der Waals surface area contributed by atoms with Gasteiger partial charge >= 0.3 is 6.09 Å². The molecule has 2 rings (SSSR count). The topological polar surface area (TPSA) is 73.1 Å². The van der Waals surface area contributed by atoms with Gasteiger partial charge in [-0.3, -0.25) is 0 Å². The fourth-order valence-corrected chi connectivity index (χ4v) is 1.77. The van der Waals surface area contributed by atoms with E-state index in [2.05, 4.69) is 5.16 Å². The highest BCUT2D eigenvalue weighted by atomic mass is 16.4. The molecule has 5 heteroatoms. The van der Waals surface area contributed by atoms with Crippen molar-refractivity contribution in [3.05, 3.63) is 35.4 Å². The Bertz CT molecular complexity index is 408. The maximum atomic E-state index is 10.6. The number of amides is 1. The van der Waals surface area contributed by atoms with E-state index in [1.54, 1.807) is 0 Å². The Hall–Kier alpha value is -2.04. The van der Waals surface area contributed by atoms with Crippen LogP contribution in [0.4, 0.5) is 4.79 Å². The molecule has 1 fully saturated rings. The Labute approximate surface area is 92.6 Å². The lowest BCUT2D eigenvalue weighted by Gasteiger charge is -2.37. The normalized spacial score (nSPS) is 16.4. The van der Waals surface area contributed by atoms with Gasteiger partial charge in [-0.2, -0.15) is 0 Å². The molecule has 0 radical (unpaired) electrons. The van der Waals surface area contributed by atoms with E-state index in [-0.39, 0.29) is 5.92 Å². The number of benzene rings is 1. The first-order chi connectivity index (χ1) is 7.70. The Morgan fingerprint density at radius 3 is 2.50 bits per heavy atom. The molecule has 1 aromatic carbocycles. The van der Waals surface area contributed by atoms with Gasteiger partial charge in [0, 0.05) is 19.0 Å². The average Bonchev–Trinajstić information content (AvgIpc) is 2.18. The molecule has 1 heterocycles. The Balaban J connectivity index is 1.99. The van der Waals surface area contributed by atoms with Gasteiger partial charge in [-0.05, 0) is 11.1 Å². The molecular formula is C11H12N2O3. The SMILES string of the molecule is O=C(O)N1CC(c2ccc(C=NO)cc2)C1. The van der Waals surface area contributed by atoms with Gasteiger partial charge in [0.15, 0.2) is 0 Å². The van der Waals surface area contributed by atoms with Crippen LogP contribution in [0.25, 0.3) is 0 Å². The monoisotopic (exact) mass is 220 g/mol. The summed E-state index contributed by atoms with van der Waals surface area (Å²) in [4.78, 5) is 12.0. The largest absolute Gasteiger partial charge is 0.465 e. The van der Waals surface area contributed by atoms with Crippen LogP contribution in [0.15, 0.2) is 29.4 Å². The molecule has 5 nitrogen and oxygen atoms in total. The minimum Gasteiger partial charge on any atom is -0.465 e. The summed E-state index contributed by atoms with van der Waals surface area (Å²) in [6.45, 7) is 1.12.